The number of aryl methyl sites for hydroxylation is 1. The molecule has 2 saturated heterocycles. The Kier molecular flexibility index (Phi) is 6.50. The van der Waals surface area contributed by atoms with Crippen molar-refractivity contribution in [3.05, 3.63) is 41.6 Å². The van der Waals surface area contributed by atoms with Crippen LogP contribution in [0.3, 0.4) is 0 Å². The molecule has 0 radical (unpaired) electrons. The third kappa shape index (κ3) is 5.03. The highest BCUT2D eigenvalue weighted by Gasteiger charge is 2.25. The number of benzene rings is 1. The van der Waals surface area contributed by atoms with Gasteiger partial charge in [-0.2, -0.15) is 9.61 Å². The van der Waals surface area contributed by atoms with E-state index in [4.69, 9.17) is 14.5 Å². The van der Waals surface area contributed by atoms with Gasteiger partial charge in [0.05, 0.1) is 12.3 Å². The summed E-state index contributed by atoms with van der Waals surface area (Å²) in [5, 5.41) is 14.9. The third-order valence-electron chi connectivity index (χ3n) is 7.27. The van der Waals surface area contributed by atoms with Gasteiger partial charge in [0.15, 0.2) is 5.65 Å². The van der Waals surface area contributed by atoms with E-state index in [0.717, 1.165) is 104 Å². The second-order valence-electron chi connectivity index (χ2n) is 10.1. The molecule has 6 rings (SSSR count). The molecule has 3 aromatic rings. The van der Waals surface area contributed by atoms with Crippen molar-refractivity contribution < 1.29 is 15.7 Å². The van der Waals surface area contributed by atoms with Crippen molar-refractivity contribution in [3.63, 3.8) is 0 Å². The first kappa shape index (κ1) is 23.2. The standard InChI is InChI=1S/C27H34N6O3.H2/c1-17-13-18(4-7-22(17)27(34)31-19-5-6-19)23-16-29-33-25(28-15-21-3-2-10-36-21)14-24(32-26(23)33)30-20-8-11-35-12-9-20;/h4,7,13-14,16,19-21,28H,2-3,5-6,8-12,15H2,1H3,(H,30,32)(H,31,34);1H/t21-;/m0./s1. The first-order valence-electron chi connectivity index (χ1n) is 13.1. The molecule has 1 aliphatic carbocycles. The molecule has 3 fully saturated rings. The Labute approximate surface area is 212 Å². The van der Waals surface area contributed by atoms with E-state index in [1.807, 2.05) is 35.8 Å². The molecule has 0 unspecified atom stereocenters. The van der Waals surface area contributed by atoms with Gasteiger partial charge < -0.3 is 25.4 Å². The van der Waals surface area contributed by atoms with Gasteiger partial charge in [0.2, 0.25) is 0 Å². The van der Waals surface area contributed by atoms with E-state index in [0.29, 0.717) is 12.1 Å². The van der Waals surface area contributed by atoms with Crippen molar-refractivity contribution in [3.8, 4) is 11.1 Å². The Morgan fingerprint density at radius 1 is 1.11 bits per heavy atom. The number of nitrogens with one attached hydrogen (secondary N) is 3. The molecule has 192 valence electrons. The highest BCUT2D eigenvalue weighted by Crippen LogP contribution is 2.30. The lowest BCUT2D eigenvalue weighted by Gasteiger charge is -2.24. The van der Waals surface area contributed by atoms with Crippen molar-refractivity contribution in [1.29, 1.82) is 0 Å². The fourth-order valence-corrected chi connectivity index (χ4v) is 5.02. The fourth-order valence-electron chi connectivity index (χ4n) is 5.02. The molecular weight excluding hydrogens is 456 g/mol. The number of hydrogen-bond acceptors (Lipinski definition) is 7. The van der Waals surface area contributed by atoms with Crippen molar-refractivity contribution in [2.75, 3.05) is 37.0 Å². The zero-order chi connectivity index (χ0) is 24.5. The number of fused-ring (bicyclic) bond motifs is 1. The van der Waals surface area contributed by atoms with E-state index in [1.54, 1.807) is 0 Å². The minimum Gasteiger partial charge on any atom is -0.381 e. The molecule has 3 N–H and O–H groups in total. The summed E-state index contributed by atoms with van der Waals surface area (Å²) >= 11 is 0. The Morgan fingerprint density at radius 2 is 1.97 bits per heavy atom. The molecular formula is C27H36N6O3. The number of aromatic nitrogens is 3. The first-order valence-corrected chi connectivity index (χ1v) is 13.1. The first-order chi connectivity index (χ1) is 17.6. The summed E-state index contributed by atoms with van der Waals surface area (Å²) in [4.78, 5) is 17.6. The summed E-state index contributed by atoms with van der Waals surface area (Å²) in [6.45, 7) is 5.07. The van der Waals surface area contributed by atoms with Crippen LogP contribution in [0.2, 0.25) is 0 Å². The number of ether oxygens (including phenoxy) is 2. The summed E-state index contributed by atoms with van der Waals surface area (Å²) in [5.41, 5.74) is 4.36. The molecule has 2 aliphatic heterocycles. The summed E-state index contributed by atoms with van der Waals surface area (Å²) in [6.07, 6.45) is 8.31. The molecule has 3 aliphatic rings. The molecule has 9 nitrogen and oxygen atoms in total. The van der Waals surface area contributed by atoms with Crippen LogP contribution in [0.4, 0.5) is 11.6 Å². The highest BCUT2D eigenvalue weighted by molar-refractivity contribution is 5.97. The van der Waals surface area contributed by atoms with Crippen LogP contribution in [0.5, 0.6) is 0 Å². The van der Waals surface area contributed by atoms with E-state index < -0.39 is 0 Å². The number of carbonyl (C=O) groups is 1. The Hall–Kier alpha value is -3.17. The van der Waals surface area contributed by atoms with Crippen LogP contribution in [0, 0.1) is 6.92 Å². The van der Waals surface area contributed by atoms with Crippen LogP contribution in [0.15, 0.2) is 30.5 Å². The van der Waals surface area contributed by atoms with Crippen LogP contribution in [0.25, 0.3) is 16.8 Å². The van der Waals surface area contributed by atoms with Crippen molar-refractivity contribution in [2.45, 2.75) is 63.6 Å². The number of nitrogens with zero attached hydrogens (tertiary/aromatic N) is 3. The normalized spacial score (nSPS) is 20.5. The maximum atomic E-state index is 12.6. The predicted molar refractivity (Wildman–Crippen MR) is 141 cm³/mol. The fraction of sp³-hybridized carbons (Fsp3) is 0.519. The van der Waals surface area contributed by atoms with Gasteiger partial charge in [-0.05, 0) is 62.6 Å². The summed E-state index contributed by atoms with van der Waals surface area (Å²) < 4.78 is 13.2. The van der Waals surface area contributed by atoms with Crippen LogP contribution in [-0.4, -0.2) is 65.1 Å². The van der Waals surface area contributed by atoms with Gasteiger partial charge in [-0.15, -0.1) is 0 Å². The molecule has 36 heavy (non-hydrogen) atoms. The molecule has 1 aromatic carbocycles. The van der Waals surface area contributed by atoms with Gasteiger partial charge in [0.1, 0.15) is 11.6 Å². The Morgan fingerprint density at radius 3 is 2.72 bits per heavy atom. The summed E-state index contributed by atoms with van der Waals surface area (Å²) in [6, 6.07) is 8.65. The van der Waals surface area contributed by atoms with Gasteiger partial charge in [0, 0.05) is 57.1 Å². The number of carbonyl (C=O) groups excluding carboxylic acids is 1. The van der Waals surface area contributed by atoms with Gasteiger partial charge in [-0.3, -0.25) is 4.79 Å². The lowest BCUT2D eigenvalue weighted by molar-refractivity contribution is 0.0903. The van der Waals surface area contributed by atoms with Crippen molar-refractivity contribution >= 4 is 23.2 Å². The second kappa shape index (κ2) is 10.1. The minimum absolute atomic E-state index is 0. The van der Waals surface area contributed by atoms with Gasteiger partial charge in [-0.1, -0.05) is 12.1 Å². The van der Waals surface area contributed by atoms with Crippen molar-refractivity contribution in [2.24, 2.45) is 0 Å². The molecule has 1 saturated carbocycles. The Bertz CT molecular complexity index is 1250. The predicted octanol–water partition coefficient (Wildman–Crippen LogP) is 4.02. The monoisotopic (exact) mass is 492 g/mol. The average molecular weight is 493 g/mol. The zero-order valence-electron chi connectivity index (χ0n) is 20.8. The van der Waals surface area contributed by atoms with E-state index in [2.05, 4.69) is 27.1 Å². The minimum atomic E-state index is 0. The largest absolute Gasteiger partial charge is 0.381 e. The van der Waals surface area contributed by atoms with Crippen LogP contribution < -0.4 is 16.0 Å². The average Bonchev–Trinajstić information content (AvgIpc) is 3.36. The topological polar surface area (TPSA) is 102 Å². The van der Waals surface area contributed by atoms with Crippen LogP contribution in [0.1, 0.15) is 55.9 Å². The highest BCUT2D eigenvalue weighted by atomic mass is 16.5. The van der Waals surface area contributed by atoms with Gasteiger partial charge in [-0.25, -0.2) is 4.98 Å². The maximum absolute atomic E-state index is 12.6. The SMILES string of the molecule is Cc1cc(-c2cnn3c(NC[C@@H]4CCCO4)cc(NC4CCOCC4)nc23)ccc1C(=O)NC1CC1.[HH]. The molecule has 0 spiro atoms. The van der Waals surface area contributed by atoms with E-state index in [9.17, 15) is 4.79 Å². The zero-order valence-corrected chi connectivity index (χ0v) is 20.8. The molecule has 2 aromatic heterocycles. The van der Waals surface area contributed by atoms with Gasteiger partial charge in [0.25, 0.3) is 5.91 Å². The quantitative estimate of drug-likeness (QED) is 0.436. The van der Waals surface area contributed by atoms with Gasteiger partial charge >= 0.3 is 0 Å². The number of anilines is 2. The summed E-state index contributed by atoms with van der Waals surface area (Å²) in [5.74, 6) is 1.71. The van der Waals surface area contributed by atoms with E-state index in [-0.39, 0.29) is 13.4 Å². The summed E-state index contributed by atoms with van der Waals surface area (Å²) in [7, 11) is 0. The lowest BCUT2D eigenvalue weighted by Crippen LogP contribution is -2.28. The molecule has 9 heteroatoms. The number of hydrogen-bond donors (Lipinski definition) is 3. The maximum Gasteiger partial charge on any atom is 0.251 e. The smallest absolute Gasteiger partial charge is 0.251 e. The van der Waals surface area contributed by atoms with E-state index >= 15 is 0 Å². The lowest BCUT2D eigenvalue weighted by atomic mass is 10.0. The molecule has 0 bridgehead atoms. The van der Waals surface area contributed by atoms with E-state index in [1.165, 1.54) is 0 Å². The van der Waals surface area contributed by atoms with Crippen LogP contribution in [-0.2, 0) is 9.47 Å². The molecule has 1 amide bonds. The molecule has 1 atom stereocenters. The number of amides is 1. The van der Waals surface area contributed by atoms with Crippen LogP contribution >= 0.6 is 0 Å². The third-order valence-corrected chi connectivity index (χ3v) is 7.27. The Balaban J connectivity index is 0.00000280. The number of rotatable bonds is 8. The van der Waals surface area contributed by atoms with Crippen molar-refractivity contribution in [1.82, 2.24) is 19.9 Å². The second-order valence-corrected chi connectivity index (χ2v) is 10.1. The molecule has 4 heterocycles.